The first-order chi connectivity index (χ1) is 53.0. The molecule has 1 aromatic carbocycles. The summed E-state index contributed by atoms with van der Waals surface area (Å²) in [5, 5.41) is 69.1. The Labute approximate surface area is 645 Å². The fourth-order valence-corrected chi connectivity index (χ4v) is 12.0. The Bertz CT molecular complexity index is 3810. The number of nitrogens with one attached hydrogen (secondary N) is 14. The first-order valence-corrected chi connectivity index (χ1v) is 37.2. The van der Waals surface area contributed by atoms with Crippen LogP contribution in [0.5, 0.6) is 0 Å². The second-order valence-corrected chi connectivity index (χ2v) is 28.1. The van der Waals surface area contributed by atoms with E-state index in [0.717, 1.165) is 6.92 Å². The summed E-state index contributed by atoms with van der Waals surface area (Å²) in [5.74, 6) is -21.3. The van der Waals surface area contributed by atoms with Crippen molar-refractivity contribution < 1.29 is 102 Å². The molecule has 0 spiro atoms. The summed E-state index contributed by atoms with van der Waals surface area (Å²) in [4.78, 5) is 250. The number of carboxylic acid groups (broad SMARTS) is 3. The third kappa shape index (κ3) is 31.1. The number of unbranched alkanes of at least 4 members (excludes halogenated alkanes) is 1. The topological polar surface area (TPSA) is 650 Å². The minimum Gasteiger partial charge on any atom is -0.481 e. The zero-order chi connectivity index (χ0) is 83.5. The smallest absolute Gasteiger partial charge is 0.328 e. The first-order valence-electron chi connectivity index (χ1n) is 37.2. The Morgan fingerprint density at radius 1 is 0.616 bits per heavy atom. The van der Waals surface area contributed by atoms with Crippen molar-refractivity contribution >= 4 is 117 Å². The highest BCUT2D eigenvalue weighted by atomic mass is 16.4. The van der Waals surface area contributed by atoms with Crippen LogP contribution < -0.4 is 81.0 Å². The van der Waals surface area contributed by atoms with Gasteiger partial charge in [0.15, 0.2) is 17.5 Å². The van der Waals surface area contributed by atoms with Crippen LogP contribution in [0, 0.1) is 17.8 Å². The highest BCUT2D eigenvalue weighted by Gasteiger charge is 2.40. The lowest BCUT2D eigenvalue weighted by Gasteiger charge is -2.31. The van der Waals surface area contributed by atoms with E-state index < -0.39 is 236 Å². The van der Waals surface area contributed by atoms with E-state index >= 15 is 9.59 Å². The molecular formula is C72H109N19O21. The number of nitrogens with two attached hydrogens (primary N) is 3. The van der Waals surface area contributed by atoms with Crippen LogP contribution in [0.2, 0.25) is 0 Å². The van der Waals surface area contributed by atoms with Gasteiger partial charge in [0.05, 0.1) is 19.4 Å². The molecule has 3 heterocycles. The number of ketones is 2. The number of aromatic amines is 2. The van der Waals surface area contributed by atoms with Crippen molar-refractivity contribution in [3.05, 3.63) is 54.2 Å². The number of carbonyl (C=O) groups is 17. The van der Waals surface area contributed by atoms with E-state index in [1.165, 1.54) is 12.5 Å². The molecule has 1 aliphatic heterocycles. The largest absolute Gasteiger partial charge is 0.481 e. The predicted molar refractivity (Wildman–Crippen MR) is 401 cm³/mol. The molecule has 24 N–H and O–H groups in total. The minimum absolute atomic E-state index is 0.0184. The Hall–Kier alpha value is -11.5. The number of H-pyrrole nitrogens is 2. The number of aliphatic hydroxyl groups is 1. The van der Waals surface area contributed by atoms with Crippen LogP contribution in [0.15, 0.2) is 48.0 Å². The number of hydrogen-bond donors (Lipinski definition) is 21. The van der Waals surface area contributed by atoms with E-state index in [1.54, 1.807) is 72.0 Å². The van der Waals surface area contributed by atoms with Gasteiger partial charge >= 0.3 is 17.9 Å². The van der Waals surface area contributed by atoms with Crippen molar-refractivity contribution in [2.75, 3.05) is 19.7 Å². The maximum Gasteiger partial charge on any atom is 0.328 e. The second-order valence-electron chi connectivity index (χ2n) is 28.1. The van der Waals surface area contributed by atoms with E-state index in [9.17, 15) is 92.3 Å². The maximum atomic E-state index is 15.1. The van der Waals surface area contributed by atoms with Gasteiger partial charge in [-0.2, -0.15) is 0 Å². The van der Waals surface area contributed by atoms with Crippen molar-refractivity contribution in [3.8, 4) is 0 Å². The zero-order valence-corrected chi connectivity index (χ0v) is 63.9. The van der Waals surface area contributed by atoms with Crippen LogP contribution in [0.25, 0.3) is 10.9 Å². The molecule has 0 radical (unpaired) electrons. The van der Waals surface area contributed by atoms with Crippen LogP contribution in [0.4, 0.5) is 0 Å². The fraction of sp³-hybridized carbons (Fsp3) is 0.597. The summed E-state index contributed by atoms with van der Waals surface area (Å²) in [6, 6.07) is -12.9. The Kier molecular flexibility index (Phi) is 38.9. The lowest BCUT2D eigenvalue weighted by Crippen LogP contribution is -2.62. The van der Waals surface area contributed by atoms with Crippen molar-refractivity contribution in [1.29, 1.82) is 0 Å². The second kappa shape index (κ2) is 46.9. The lowest BCUT2D eigenvalue weighted by molar-refractivity contribution is -0.144. The van der Waals surface area contributed by atoms with E-state index in [4.69, 9.17) is 17.2 Å². The molecule has 2 aromatic heterocycles. The van der Waals surface area contributed by atoms with Crippen LogP contribution >= 0.6 is 0 Å². The Morgan fingerprint density at radius 2 is 1.20 bits per heavy atom. The average molecular weight is 1580 g/mol. The highest BCUT2D eigenvalue weighted by Crippen LogP contribution is 2.22. The van der Waals surface area contributed by atoms with Gasteiger partial charge in [-0.3, -0.25) is 81.7 Å². The van der Waals surface area contributed by atoms with Gasteiger partial charge in [0.25, 0.3) is 0 Å². The normalized spacial score (nSPS) is 19.2. The number of nitrogens with zero attached hydrogens (tertiary/aromatic N) is 2. The number of aliphatic carboxylic acids is 3. The lowest BCUT2D eigenvalue weighted by atomic mass is 9.94. The number of carboxylic acids is 3. The first kappa shape index (κ1) is 92.9. The quantitative estimate of drug-likeness (QED) is 0.0113. The van der Waals surface area contributed by atoms with Gasteiger partial charge in [-0.05, 0) is 100 Å². The van der Waals surface area contributed by atoms with Gasteiger partial charge in [-0.15, -0.1) is 0 Å². The predicted octanol–water partition coefficient (Wildman–Crippen LogP) is -3.65. The molecule has 40 nitrogen and oxygen atoms in total. The summed E-state index contributed by atoms with van der Waals surface area (Å²) in [6.45, 7) is 10.0. The molecule has 3 aromatic rings. The SMILES string of the molecule is CCC(C)[C@H](NC(=O)[C@@H](NC(=O)[C@H](Cc1cnc[nH]1)NC(=O)[C@H](CCCCN)NC(=O)[C@H](CCC(=O)O)NC(C)=O)[C@@H](C)CC)C(=O)NC1CCC(=O)C(=O)CCCC(C(=O)N[C@@H](CC(=O)O)C(=O)N[C@@H](CO)C(=O)O)NC(=O)[C@H](Cc2c[nH]c3ccccc23)NC(=O)[C@H](CC(C)C)NC(=O)C(CCCN=C(N)N)NC1=O. The number of benzene rings is 1. The third-order valence-electron chi connectivity index (χ3n) is 18.7. The van der Waals surface area contributed by atoms with Crippen LogP contribution in [-0.4, -0.2) is 234 Å². The van der Waals surface area contributed by atoms with Crippen LogP contribution in [0.3, 0.4) is 0 Å². The molecule has 40 heteroatoms. The number of para-hydroxylation sites is 1. The number of aliphatic imine (C=N–C) groups is 1. The number of guanidine groups is 1. The van der Waals surface area contributed by atoms with Gasteiger partial charge < -0.3 is 111 Å². The summed E-state index contributed by atoms with van der Waals surface area (Å²) >= 11 is 0. The van der Waals surface area contributed by atoms with Crippen molar-refractivity contribution in [3.63, 3.8) is 0 Å². The average Bonchev–Trinajstić information content (AvgIpc) is 1.59. The number of carbonyl (C=O) groups excluding carboxylic acids is 14. The van der Waals surface area contributed by atoms with Gasteiger partial charge in [-0.1, -0.05) is 72.6 Å². The number of imidazole rings is 1. The van der Waals surface area contributed by atoms with E-state index in [2.05, 4.69) is 78.4 Å². The highest BCUT2D eigenvalue weighted by molar-refractivity contribution is 6.37. The van der Waals surface area contributed by atoms with Crippen molar-refractivity contribution in [2.45, 2.75) is 237 Å². The molecule has 0 aliphatic carbocycles. The van der Waals surface area contributed by atoms with E-state index in [0.29, 0.717) is 28.6 Å². The molecule has 14 atom stereocenters. The van der Waals surface area contributed by atoms with Gasteiger partial charge in [0.1, 0.15) is 72.5 Å². The summed E-state index contributed by atoms with van der Waals surface area (Å²) < 4.78 is 0. The molecule has 4 unspecified atom stereocenters. The number of aliphatic hydroxyl groups excluding tert-OH is 1. The fourth-order valence-electron chi connectivity index (χ4n) is 12.0. The molecule has 4 rings (SSSR count). The van der Waals surface area contributed by atoms with Gasteiger partial charge in [0.2, 0.25) is 70.9 Å². The number of hydrogen-bond acceptors (Lipinski definition) is 21. The number of Topliss-reactive ketones (excluding diaryl/α,β-unsaturated/α-hetero) is 2. The van der Waals surface area contributed by atoms with E-state index in [1.807, 2.05) is 5.32 Å². The summed E-state index contributed by atoms with van der Waals surface area (Å²) in [7, 11) is 0. The number of rotatable bonds is 40. The van der Waals surface area contributed by atoms with Crippen molar-refractivity contribution in [2.24, 2.45) is 39.9 Å². The molecular weight excluding hydrogens is 1470 g/mol. The number of fused-ring (bicyclic) bond motifs is 1. The summed E-state index contributed by atoms with van der Waals surface area (Å²) in [5.41, 5.74) is 18.4. The summed E-state index contributed by atoms with van der Waals surface area (Å²) in [6.07, 6.45) is -0.875. The Morgan fingerprint density at radius 3 is 1.79 bits per heavy atom. The molecule has 1 fully saturated rings. The number of aromatic nitrogens is 3. The van der Waals surface area contributed by atoms with E-state index in [-0.39, 0.29) is 89.2 Å². The van der Waals surface area contributed by atoms with Crippen molar-refractivity contribution in [1.82, 2.24) is 78.8 Å². The molecule has 1 saturated heterocycles. The van der Waals surface area contributed by atoms with Crippen LogP contribution in [0.1, 0.15) is 162 Å². The molecule has 12 amide bonds. The molecule has 0 bridgehead atoms. The van der Waals surface area contributed by atoms with Gasteiger partial charge in [-0.25, -0.2) is 9.78 Å². The monoisotopic (exact) mass is 1580 g/mol. The third-order valence-corrected chi connectivity index (χ3v) is 18.7. The molecule has 112 heavy (non-hydrogen) atoms. The molecule has 618 valence electrons. The molecule has 1 aliphatic rings. The number of amides is 12. The minimum atomic E-state index is -2.06. The zero-order valence-electron chi connectivity index (χ0n) is 63.9. The standard InChI is InChI=1S/C72H109N19O21/c1-8-37(5)58(91-70(110)59(38(6)9-2)90-68(108)51(30-41-33-76-35-79-41)87-60(100)44(18-12-13-26-73)81-63(103)47(80-39(7)93)23-25-56(96)97)69(109)84-48-22-24-55(95)54(94)21-14-19-45(61(101)88-52(31-57(98)99)67(107)89-53(34-92)71(111)112)83-66(106)50(29-40-32-78-43-17-11-10-16-42(40)43)86-65(105)49(28-36(3)4)85-62(102)46(82-64(48)104)20-15-27-77-72(74)75/h10-11,16-17,32-33,35-38,44-53,58-59,78,92H,8-9,12-15,18-31,34,73H2,1-7H3,(H,76,79)(H,80,93)(H,81,103)(H,82,104)(H,83,106)(H,84,109)(H,85,102)(H,86,105)(H,87,100)(H,88,101)(H,89,107)(H,90,108)(H,91,110)(H,96,97)(H,98,99)(H,111,112)(H4,74,75,77)/t37?,38-,44-,45?,46?,47-,48?,49-,50-,51-,52-,53-,58-,59-/m0/s1. The van der Waals surface area contributed by atoms with Crippen LogP contribution in [-0.2, 0) is 94.3 Å². The van der Waals surface area contributed by atoms with Gasteiger partial charge in [0, 0.05) is 74.6 Å². The molecule has 0 saturated carbocycles. The maximum absolute atomic E-state index is 15.1. The Balaban J connectivity index is 1.81.